The summed E-state index contributed by atoms with van der Waals surface area (Å²) in [7, 11) is 0. The monoisotopic (exact) mass is 358 g/mol. The van der Waals surface area contributed by atoms with Gasteiger partial charge in [0.2, 0.25) is 11.9 Å². The minimum atomic E-state index is -0.301. The molecule has 1 fully saturated rings. The normalized spacial score (nSPS) is 14.3. The van der Waals surface area contributed by atoms with Crippen LogP contribution in [-0.4, -0.2) is 33.4 Å². The lowest BCUT2D eigenvalue weighted by molar-refractivity contribution is -0.132. The zero-order valence-corrected chi connectivity index (χ0v) is 15.1. The molecule has 0 radical (unpaired) electrons. The lowest BCUT2D eigenvalue weighted by Crippen LogP contribution is -2.40. The SMILES string of the molecule is Cc1cc(=O)n(CC(=O)N2CCCCC2)c(Nc2ccc(F)c(C)c2)n1. The van der Waals surface area contributed by atoms with Gasteiger partial charge in [-0.3, -0.25) is 14.2 Å². The predicted molar refractivity (Wildman–Crippen MR) is 98.1 cm³/mol. The van der Waals surface area contributed by atoms with Crippen molar-refractivity contribution in [2.75, 3.05) is 18.4 Å². The third-order valence-corrected chi connectivity index (χ3v) is 4.55. The predicted octanol–water partition coefficient (Wildman–Crippen LogP) is 2.76. The van der Waals surface area contributed by atoms with E-state index in [4.69, 9.17) is 0 Å². The van der Waals surface area contributed by atoms with E-state index in [1.54, 1.807) is 30.9 Å². The van der Waals surface area contributed by atoms with E-state index in [0.29, 0.717) is 16.9 Å². The molecule has 0 atom stereocenters. The van der Waals surface area contributed by atoms with Crippen LogP contribution in [-0.2, 0) is 11.3 Å². The summed E-state index contributed by atoms with van der Waals surface area (Å²) in [6.07, 6.45) is 3.12. The number of rotatable bonds is 4. The van der Waals surface area contributed by atoms with Crippen molar-refractivity contribution in [1.29, 1.82) is 0 Å². The van der Waals surface area contributed by atoms with Gasteiger partial charge in [-0.15, -0.1) is 0 Å². The first-order chi connectivity index (χ1) is 12.4. The highest BCUT2D eigenvalue weighted by molar-refractivity contribution is 5.76. The van der Waals surface area contributed by atoms with Crippen LogP contribution in [0.2, 0.25) is 0 Å². The minimum absolute atomic E-state index is 0.0609. The zero-order chi connectivity index (χ0) is 18.7. The summed E-state index contributed by atoms with van der Waals surface area (Å²) in [5.74, 6) is -0.104. The van der Waals surface area contributed by atoms with Crippen LogP contribution >= 0.6 is 0 Å². The van der Waals surface area contributed by atoms with Gasteiger partial charge >= 0.3 is 0 Å². The molecule has 1 aromatic carbocycles. The maximum Gasteiger partial charge on any atom is 0.255 e. The van der Waals surface area contributed by atoms with E-state index in [1.807, 2.05) is 0 Å². The molecule has 1 amide bonds. The fourth-order valence-corrected chi connectivity index (χ4v) is 3.10. The Hall–Kier alpha value is -2.70. The van der Waals surface area contributed by atoms with Crippen molar-refractivity contribution in [2.24, 2.45) is 0 Å². The number of nitrogens with zero attached hydrogens (tertiary/aromatic N) is 3. The van der Waals surface area contributed by atoms with E-state index in [1.165, 1.54) is 16.7 Å². The van der Waals surface area contributed by atoms with Gasteiger partial charge in [0.15, 0.2) is 0 Å². The van der Waals surface area contributed by atoms with Crippen LogP contribution in [0.1, 0.15) is 30.5 Å². The van der Waals surface area contributed by atoms with Crippen molar-refractivity contribution >= 4 is 17.5 Å². The van der Waals surface area contributed by atoms with Gasteiger partial charge in [-0.2, -0.15) is 0 Å². The first kappa shape index (κ1) is 18.1. The molecule has 0 aliphatic carbocycles. The molecule has 0 spiro atoms. The summed E-state index contributed by atoms with van der Waals surface area (Å²) in [6, 6.07) is 5.98. The van der Waals surface area contributed by atoms with Gasteiger partial charge in [-0.25, -0.2) is 9.37 Å². The van der Waals surface area contributed by atoms with Crippen molar-refractivity contribution in [2.45, 2.75) is 39.7 Å². The lowest BCUT2D eigenvalue weighted by atomic mass is 10.1. The summed E-state index contributed by atoms with van der Waals surface area (Å²) in [4.78, 5) is 31.2. The molecular weight excluding hydrogens is 335 g/mol. The molecule has 0 bridgehead atoms. The number of benzene rings is 1. The fraction of sp³-hybridized carbons (Fsp3) is 0.421. The molecule has 2 heterocycles. The Kier molecular flexibility index (Phi) is 5.35. The molecule has 3 rings (SSSR count). The van der Waals surface area contributed by atoms with Crippen LogP contribution in [0, 0.1) is 19.7 Å². The number of carbonyl (C=O) groups excluding carboxylic acids is 1. The molecule has 1 aromatic heterocycles. The highest BCUT2D eigenvalue weighted by atomic mass is 19.1. The van der Waals surface area contributed by atoms with Gasteiger partial charge in [0.25, 0.3) is 5.56 Å². The van der Waals surface area contributed by atoms with Crippen molar-refractivity contribution in [1.82, 2.24) is 14.5 Å². The summed E-state index contributed by atoms with van der Waals surface area (Å²) >= 11 is 0. The highest BCUT2D eigenvalue weighted by Crippen LogP contribution is 2.18. The number of aryl methyl sites for hydroxylation is 2. The standard InChI is InChI=1S/C19H23FN4O2/c1-13-10-15(6-7-16(13)20)22-19-21-14(2)11-17(25)24(19)12-18(26)23-8-4-3-5-9-23/h6-7,10-11H,3-5,8-9,12H2,1-2H3,(H,21,22). The Balaban J connectivity index is 1.88. The average Bonchev–Trinajstić information content (AvgIpc) is 2.61. The first-order valence-electron chi connectivity index (χ1n) is 8.83. The molecule has 1 saturated heterocycles. The minimum Gasteiger partial charge on any atom is -0.341 e. The Morgan fingerprint density at radius 2 is 1.92 bits per heavy atom. The van der Waals surface area contributed by atoms with Gasteiger partial charge in [-0.1, -0.05) is 0 Å². The Labute approximate surface area is 151 Å². The quantitative estimate of drug-likeness (QED) is 0.913. The molecule has 1 aliphatic heterocycles. The van der Waals surface area contributed by atoms with Crippen LogP contribution in [0.4, 0.5) is 16.0 Å². The third kappa shape index (κ3) is 4.09. The number of likely N-dealkylation sites (tertiary alicyclic amines) is 1. The molecule has 0 unspecified atom stereocenters. The lowest BCUT2D eigenvalue weighted by Gasteiger charge is -2.27. The maximum atomic E-state index is 13.5. The number of halogens is 1. The summed E-state index contributed by atoms with van der Waals surface area (Å²) in [6.45, 7) is 4.78. The number of aromatic nitrogens is 2. The second kappa shape index (κ2) is 7.68. The summed E-state index contributed by atoms with van der Waals surface area (Å²) in [5, 5.41) is 3.04. The van der Waals surface area contributed by atoms with E-state index in [-0.39, 0.29) is 29.8 Å². The molecule has 138 valence electrons. The van der Waals surface area contributed by atoms with Crippen LogP contribution in [0.25, 0.3) is 0 Å². The number of hydrogen-bond donors (Lipinski definition) is 1. The molecule has 0 saturated carbocycles. The number of anilines is 2. The van der Waals surface area contributed by atoms with Gasteiger partial charge < -0.3 is 10.2 Å². The van der Waals surface area contributed by atoms with Crippen molar-refractivity contribution in [3.05, 3.63) is 51.7 Å². The molecule has 26 heavy (non-hydrogen) atoms. The highest BCUT2D eigenvalue weighted by Gasteiger charge is 2.19. The Bertz CT molecular complexity index is 872. The van der Waals surface area contributed by atoms with Crippen LogP contribution in [0.3, 0.4) is 0 Å². The average molecular weight is 358 g/mol. The smallest absolute Gasteiger partial charge is 0.255 e. The van der Waals surface area contributed by atoms with E-state index >= 15 is 0 Å². The Morgan fingerprint density at radius 3 is 2.62 bits per heavy atom. The topological polar surface area (TPSA) is 67.2 Å². The van der Waals surface area contributed by atoms with Crippen LogP contribution in [0.15, 0.2) is 29.1 Å². The molecule has 7 heteroatoms. The van der Waals surface area contributed by atoms with Gasteiger partial charge in [-0.05, 0) is 56.9 Å². The summed E-state index contributed by atoms with van der Waals surface area (Å²) in [5.41, 5.74) is 1.36. The largest absolute Gasteiger partial charge is 0.341 e. The number of nitrogens with one attached hydrogen (secondary N) is 1. The molecule has 6 nitrogen and oxygen atoms in total. The fourth-order valence-electron chi connectivity index (χ4n) is 3.10. The van der Waals surface area contributed by atoms with Crippen molar-refractivity contribution in [3.63, 3.8) is 0 Å². The van der Waals surface area contributed by atoms with Gasteiger partial charge in [0, 0.05) is 30.5 Å². The Morgan fingerprint density at radius 1 is 1.19 bits per heavy atom. The van der Waals surface area contributed by atoms with Crippen molar-refractivity contribution < 1.29 is 9.18 Å². The number of piperidine rings is 1. The number of hydrogen-bond acceptors (Lipinski definition) is 4. The van der Waals surface area contributed by atoms with E-state index in [0.717, 1.165) is 32.4 Å². The third-order valence-electron chi connectivity index (χ3n) is 4.55. The van der Waals surface area contributed by atoms with E-state index in [9.17, 15) is 14.0 Å². The van der Waals surface area contributed by atoms with Crippen molar-refractivity contribution in [3.8, 4) is 0 Å². The maximum absolute atomic E-state index is 13.5. The number of carbonyl (C=O) groups is 1. The van der Waals surface area contributed by atoms with E-state index in [2.05, 4.69) is 10.3 Å². The second-order valence-electron chi connectivity index (χ2n) is 6.68. The first-order valence-corrected chi connectivity index (χ1v) is 8.83. The van der Waals surface area contributed by atoms with Gasteiger partial charge in [0.05, 0.1) is 0 Å². The van der Waals surface area contributed by atoms with Crippen LogP contribution in [0.5, 0.6) is 0 Å². The molecule has 1 aliphatic rings. The number of amides is 1. The van der Waals surface area contributed by atoms with E-state index < -0.39 is 0 Å². The van der Waals surface area contributed by atoms with Crippen LogP contribution < -0.4 is 10.9 Å². The second-order valence-corrected chi connectivity index (χ2v) is 6.68. The molecular formula is C19H23FN4O2. The molecule has 1 N–H and O–H groups in total. The zero-order valence-electron chi connectivity index (χ0n) is 15.1. The summed E-state index contributed by atoms with van der Waals surface area (Å²) < 4.78 is 14.8. The molecule has 2 aromatic rings. The van der Waals surface area contributed by atoms with Gasteiger partial charge in [0.1, 0.15) is 12.4 Å².